The van der Waals surface area contributed by atoms with E-state index in [0.717, 1.165) is 25.9 Å². The van der Waals surface area contributed by atoms with Gasteiger partial charge in [-0.2, -0.15) is 0 Å². The number of carbonyl (C=O) groups excluding carboxylic acids is 1. The molecular formula is C13H9BrN2OS. The maximum Gasteiger partial charge on any atom is 0.205 e. The van der Waals surface area contributed by atoms with Crippen LogP contribution >= 0.6 is 27.3 Å². The summed E-state index contributed by atoms with van der Waals surface area (Å²) >= 11 is 4.85. The lowest BCUT2D eigenvalue weighted by Gasteiger charge is -1.98. The van der Waals surface area contributed by atoms with Gasteiger partial charge >= 0.3 is 0 Å². The van der Waals surface area contributed by atoms with Gasteiger partial charge in [-0.25, -0.2) is 4.98 Å². The summed E-state index contributed by atoms with van der Waals surface area (Å²) in [4.78, 5) is 20.5. The van der Waals surface area contributed by atoms with E-state index in [-0.39, 0.29) is 5.78 Å². The molecule has 0 unspecified atom stereocenters. The minimum atomic E-state index is 0.0497. The van der Waals surface area contributed by atoms with Crippen molar-refractivity contribution >= 4 is 44.1 Å². The topological polar surface area (TPSA) is 45.8 Å². The summed E-state index contributed by atoms with van der Waals surface area (Å²) in [5, 5.41) is 2.79. The van der Waals surface area contributed by atoms with E-state index in [9.17, 15) is 4.79 Å². The van der Waals surface area contributed by atoms with E-state index in [2.05, 4.69) is 25.9 Å². The number of carbonyl (C=O) groups is 1. The van der Waals surface area contributed by atoms with Gasteiger partial charge in [0.15, 0.2) is 0 Å². The van der Waals surface area contributed by atoms with Gasteiger partial charge in [0.05, 0.1) is 10.4 Å². The molecule has 3 rings (SSSR count). The van der Waals surface area contributed by atoms with Crippen molar-refractivity contribution in [3.63, 3.8) is 0 Å². The van der Waals surface area contributed by atoms with Crippen LogP contribution in [-0.2, 0) is 0 Å². The Labute approximate surface area is 116 Å². The first-order valence-electron chi connectivity index (χ1n) is 5.38. The molecule has 90 valence electrons. The van der Waals surface area contributed by atoms with Crippen LogP contribution in [-0.4, -0.2) is 15.8 Å². The van der Waals surface area contributed by atoms with Crippen LogP contribution in [0.5, 0.6) is 0 Å². The van der Waals surface area contributed by atoms with E-state index >= 15 is 0 Å². The zero-order chi connectivity index (χ0) is 12.7. The fourth-order valence-corrected chi connectivity index (χ4v) is 3.10. The van der Waals surface area contributed by atoms with Gasteiger partial charge in [-0.3, -0.25) is 4.79 Å². The van der Waals surface area contributed by atoms with Crippen molar-refractivity contribution < 1.29 is 4.79 Å². The molecule has 0 atom stereocenters. The summed E-state index contributed by atoms with van der Waals surface area (Å²) in [7, 11) is 0. The monoisotopic (exact) mass is 320 g/mol. The number of ketones is 1. The second-order valence-electron chi connectivity index (χ2n) is 4.01. The Hall–Kier alpha value is -1.46. The number of fused-ring (bicyclic) bond motifs is 1. The molecule has 3 aromatic rings. The number of nitrogens with one attached hydrogen (secondary N) is 1. The summed E-state index contributed by atoms with van der Waals surface area (Å²) < 4.78 is 0.867. The minimum Gasteiger partial charge on any atom is -0.345 e. The van der Waals surface area contributed by atoms with Gasteiger partial charge in [0.2, 0.25) is 5.78 Å². The molecule has 0 saturated heterocycles. The lowest BCUT2D eigenvalue weighted by atomic mass is 10.1. The Morgan fingerprint density at radius 3 is 3.06 bits per heavy atom. The molecular weight excluding hydrogens is 312 g/mol. The third kappa shape index (κ3) is 1.79. The van der Waals surface area contributed by atoms with Crippen LogP contribution in [0.1, 0.15) is 20.8 Å². The summed E-state index contributed by atoms with van der Waals surface area (Å²) in [6, 6.07) is 3.87. The number of hydrogen-bond donors (Lipinski definition) is 1. The van der Waals surface area contributed by atoms with E-state index in [1.807, 2.05) is 24.4 Å². The van der Waals surface area contributed by atoms with Gasteiger partial charge in [-0.05, 0) is 45.9 Å². The van der Waals surface area contributed by atoms with Crippen molar-refractivity contribution in [1.29, 1.82) is 0 Å². The number of aromatic amines is 1. The van der Waals surface area contributed by atoms with E-state index < -0.39 is 0 Å². The van der Waals surface area contributed by atoms with Crippen LogP contribution in [0.15, 0.2) is 34.4 Å². The number of thiophene rings is 1. The number of nitrogens with zero attached hydrogens (tertiary/aromatic N) is 1. The maximum absolute atomic E-state index is 12.5. The molecule has 1 N–H and O–H groups in total. The van der Waals surface area contributed by atoms with E-state index in [1.54, 1.807) is 12.4 Å². The molecule has 3 nitrogen and oxygen atoms in total. The highest BCUT2D eigenvalue weighted by Crippen LogP contribution is 2.26. The highest BCUT2D eigenvalue weighted by Gasteiger charge is 2.17. The second kappa shape index (κ2) is 4.33. The van der Waals surface area contributed by atoms with Gasteiger partial charge < -0.3 is 4.98 Å². The minimum absolute atomic E-state index is 0.0497. The molecule has 5 heteroatoms. The average Bonchev–Trinajstić information content (AvgIpc) is 2.94. The van der Waals surface area contributed by atoms with E-state index in [0.29, 0.717) is 5.56 Å². The predicted molar refractivity (Wildman–Crippen MR) is 76.3 cm³/mol. The molecule has 0 bridgehead atoms. The van der Waals surface area contributed by atoms with Crippen LogP contribution in [0, 0.1) is 6.92 Å². The number of aromatic nitrogens is 2. The Bertz CT molecular complexity index is 744. The first-order valence-corrected chi connectivity index (χ1v) is 7.05. The molecule has 0 radical (unpaired) electrons. The predicted octanol–water partition coefficient (Wildman–Crippen LogP) is 3.93. The lowest BCUT2D eigenvalue weighted by Crippen LogP contribution is -1.99. The highest BCUT2D eigenvalue weighted by molar-refractivity contribution is 9.10. The molecule has 0 spiro atoms. The van der Waals surface area contributed by atoms with Gasteiger partial charge in [0, 0.05) is 22.3 Å². The van der Waals surface area contributed by atoms with Crippen molar-refractivity contribution in [2.45, 2.75) is 6.92 Å². The molecule has 0 aromatic carbocycles. The molecule has 0 aliphatic heterocycles. The quantitative estimate of drug-likeness (QED) is 0.727. The molecule has 0 fully saturated rings. The number of aryl methyl sites for hydroxylation is 1. The molecule has 3 aromatic heterocycles. The Balaban J connectivity index is 2.18. The Kier molecular flexibility index (Phi) is 2.80. The highest BCUT2D eigenvalue weighted by atomic mass is 79.9. The lowest BCUT2D eigenvalue weighted by molar-refractivity contribution is 0.104. The zero-order valence-electron chi connectivity index (χ0n) is 9.53. The average molecular weight is 321 g/mol. The Morgan fingerprint density at radius 1 is 1.50 bits per heavy atom. The Morgan fingerprint density at radius 2 is 2.33 bits per heavy atom. The van der Waals surface area contributed by atoms with E-state index in [1.165, 1.54) is 11.3 Å². The van der Waals surface area contributed by atoms with Gasteiger partial charge in [0.25, 0.3) is 0 Å². The van der Waals surface area contributed by atoms with Gasteiger partial charge in [0.1, 0.15) is 5.65 Å². The largest absolute Gasteiger partial charge is 0.345 e. The SMILES string of the molecule is Cc1ccsc1C(=O)c1c[nH]c2ncc(Br)cc12. The van der Waals surface area contributed by atoms with Crippen LogP contribution in [0.25, 0.3) is 11.0 Å². The molecule has 0 amide bonds. The molecule has 0 aliphatic rings. The number of halogens is 1. The van der Waals surface area contributed by atoms with Crippen molar-refractivity contribution in [1.82, 2.24) is 9.97 Å². The van der Waals surface area contributed by atoms with Crippen molar-refractivity contribution in [2.24, 2.45) is 0 Å². The van der Waals surface area contributed by atoms with Gasteiger partial charge in [-0.15, -0.1) is 11.3 Å². The van der Waals surface area contributed by atoms with Crippen LogP contribution in [0.4, 0.5) is 0 Å². The second-order valence-corrected chi connectivity index (χ2v) is 5.85. The van der Waals surface area contributed by atoms with Gasteiger partial charge in [-0.1, -0.05) is 0 Å². The van der Waals surface area contributed by atoms with Crippen LogP contribution in [0.2, 0.25) is 0 Å². The maximum atomic E-state index is 12.5. The molecule has 0 saturated carbocycles. The zero-order valence-corrected chi connectivity index (χ0v) is 11.9. The van der Waals surface area contributed by atoms with E-state index in [4.69, 9.17) is 0 Å². The number of H-pyrrole nitrogens is 1. The summed E-state index contributed by atoms with van der Waals surface area (Å²) in [6.45, 7) is 1.95. The van der Waals surface area contributed by atoms with Crippen molar-refractivity contribution in [3.8, 4) is 0 Å². The summed E-state index contributed by atoms with van der Waals surface area (Å²) in [5.74, 6) is 0.0497. The standard InChI is InChI=1S/C13H9BrN2OS/c1-7-2-3-18-12(7)11(17)10-6-16-13-9(10)4-8(14)5-15-13/h2-6H,1H3,(H,15,16). The van der Waals surface area contributed by atoms with Crippen LogP contribution in [0.3, 0.4) is 0 Å². The normalized spacial score (nSPS) is 11.0. The first-order chi connectivity index (χ1) is 8.66. The van der Waals surface area contributed by atoms with Crippen LogP contribution < -0.4 is 0 Å². The third-order valence-corrected chi connectivity index (χ3v) is 4.26. The molecule has 3 heterocycles. The summed E-state index contributed by atoms with van der Waals surface area (Å²) in [6.07, 6.45) is 3.44. The molecule has 18 heavy (non-hydrogen) atoms. The number of pyridine rings is 1. The molecule has 0 aliphatic carbocycles. The van der Waals surface area contributed by atoms with Crippen molar-refractivity contribution in [3.05, 3.63) is 50.4 Å². The first kappa shape index (κ1) is 11.6. The fraction of sp³-hybridized carbons (Fsp3) is 0.0769. The van der Waals surface area contributed by atoms with Crippen molar-refractivity contribution in [2.75, 3.05) is 0 Å². The summed E-state index contributed by atoms with van der Waals surface area (Å²) in [5.41, 5.74) is 2.42. The smallest absolute Gasteiger partial charge is 0.205 e. The number of hydrogen-bond acceptors (Lipinski definition) is 3. The number of rotatable bonds is 2. The third-order valence-electron chi connectivity index (χ3n) is 2.81. The fourth-order valence-electron chi connectivity index (χ4n) is 1.89.